The molecule has 1 fully saturated rings. The summed E-state index contributed by atoms with van der Waals surface area (Å²) in [6, 6.07) is 8.46. The van der Waals surface area contributed by atoms with E-state index in [1.807, 2.05) is 9.80 Å². The predicted octanol–water partition coefficient (Wildman–Crippen LogP) is 2.87. The number of likely N-dealkylation sites (tertiary alicyclic amines) is 1. The molecule has 0 saturated carbocycles. The maximum Gasteiger partial charge on any atom is 0.335 e. The Morgan fingerprint density at radius 2 is 1.77 bits per heavy atom. The fourth-order valence-corrected chi connectivity index (χ4v) is 3.52. The van der Waals surface area contributed by atoms with Crippen molar-refractivity contribution in [2.45, 2.75) is 19.3 Å². The van der Waals surface area contributed by atoms with Gasteiger partial charge in [0.2, 0.25) is 0 Å². The number of carbonyl (C=O) groups excluding carboxylic acids is 1. The average molecular weight is 355 g/mol. The molecule has 0 atom stereocenters. The standard InChI is InChI=1S/C19H21N3O4/c23-18(21-8-2-1-3-9-21)15-12-16-17(20-15)22(10-11-26-16)14-6-4-13(5-7-14)19(24)25/h4-7,12,20H,1-3,8-11H2,(H,24,25). The third kappa shape index (κ3) is 3.00. The van der Waals surface area contributed by atoms with Crippen LogP contribution in [0.3, 0.4) is 0 Å². The minimum atomic E-state index is -0.950. The highest BCUT2D eigenvalue weighted by Gasteiger charge is 2.27. The first-order valence-electron chi connectivity index (χ1n) is 8.89. The molecule has 2 aromatic rings. The van der Waals surface area contributed by atoms with Crippen LogP contribution < -0.4 is 9.64 Å². The molecule has 1 saturated heterocycles. The van der Waals surface area contributed by atoms with Gasteiger partial charge in [-0.25, -0.2) is 4.79 Å². The number of fused-ring (bicyclic) bond motifs is 1. The molecule has 0 radical (unpaired) electrons. The monoisotopic (exact) mass is 355 g/mol. The molecule has 0 bridgehead atoms. The lowest BCUT2D eigenvalue weighted by atomic mass is 10.1. The molecule has 7 nitrogen and oxygen atoms in total. The molecule has 4 rings (SSSR count). The normalized spacial score (nSPS) is 16.8. The van der Waals surface area contributed by atoms with Gasteiger partial charge in [-0.3, -0.25) is 4.79 Å². The molecule has 2 aliphatic heterocycles. The fourth-order valence-electron chi connectivity index (χ4n) is 3.52. The lowest BCUT2D eigenvalue weighted by Gasteiger charge is -2.29. The van der Waals surface area contributed by atoms with E-state index in [2.05, 4.69) is 4.98 Å². The van der Waals surface area contributed by atoms with Crippen LogP contribution in [0.25, 0.3) is 0 Å². The highest BCUT2D eigenvalue weighted by molar-refractivity contribution is 5.94. The van der Waals surface area contributed by atoms with Crippen molar-refractivity contribution in [2.75, 3.05) is 31.1 Å². The van der Waals surface area contributed by atoms with E-state index in [0.29, 0.717) is 24.6 Å². The second-order valence-electron chi connectivity index (χ2n) is 6.60. The number of nitrogens with zero attached hydrogens (tertiary/aromatic N) is 2. The van der Waals surface area contributed by atoms with Gasteiger partial charge in [-0.1, -0.05) is 0 Å². The fraction of sp³-hybridized carbons (Fsp3) is 0.368. The molecular weight excluding hydrogens is 334 g/mol. The summed E-state index contributed by atoms with van der Waals surface area (Å²) in [6.45, 7) is 2.72. The van der Waals surface area contributed by atoms with Crippen molar-refractivity contribution in [1.82, 2.24) is 9.88 Å². The summed E-state index contributed by atoms with van der Waals surface area (Å²) in [5, 5.41) is 9.05. The summed E-state index contributed by atoms with van der Waals surface area (Å²) in [5.74, 6) is 0.441. The third-order valence-corrected chi connectivity index (χ3v) is 4.90. The third-order valence-electron chi connectivity index (χ3n) is 4.90. The Kier molecular flexibility index (Phi) is 4.28. The van der Waals surface area contributed by atoms with Crippen LogP contribution in [-0.4, -0.2) is 53.1 Å². The van der Waals surface area contributed by atoms with Crippen molar-refractivity contribution in [3.05, 3.63) is 41.6 Å². The van der Waals surface area contributed by atoms with E-state index in [4.69, 9.17) is 9.84 Å². The number of anilines is 2. The Hall–Kier alpha value is -2.96. The lowest BCUT2D eigenvalue weighted by molar-refractivity contribution is 0.0694. The van der Waals surface area contributed by atoms with Crippen LogP contribution in [0.5, 0.6) is 5.75 Å². The molecule has 7 heteroatoms. The molecule has 3 heterocycles. The number of hydrogen-bond donors (Lipinski definition) is 2. The predicted molar refractivity (Wildman–Crippen MR) is 96.4 cm³/mol. The van der Waals surface area contributed by atoms with Crippen molar-refractivity contribution in [1.29, 1.82) is 0 Å². The van der Waals surface area contributed by atoms with Gasteiger partial charge in [0, 0.05) is 24.8 Å². The lowest BCUT2D eigenvalue weighted by Crippen LogP contribution is -2.35. The first-order valence-corrected chi connectivity index (χ1v) is 8.89. The summed E-state index contributed by atoms with van der Waals surface area (Å²) in [7, 11) is 0. The number of carbonyl (C=O) groups is 2. The number of ether oxygens (including phenoxy) is 1. The number of hydrogen-bond acceptors (Lipinski definition) is 4. The van der Waals surface area contributed by atoms with Crippen LogP contribution in [0.4, 0.5) is 11.5 Å². The second-order valence-corrected chi connectivity index (χ2v) is 6.60. The van der Waals surface area contributed by atoms with Crippen LogP contribution in [-0.2, 0) is 0 Å². The van der Waals surface area contributed by atoms with Crippen LogP contribution >= 0.6 is 0 Å². The molecule has 1 aromatic carbocycles. The van der Waals surface area contributed by atoms with Crippen molar-refractivity contribution in [2.24, 2.45) is 0 Å². The number of benzene rings is 1. The number of nitrogens with one attached hydrogen (secondary N) is 1. The smallest absolute Gasteiger partial charge is 0.335 e. The number of amides is 1. The largest absolute Gasteiger partial charge is 0.488 e. The summed E-state index contributed by atoms with van der Waals surface area (Å²) in [6.07, 6.45) is 3.27. The van der Waals surface area contributed by atoms with Gasteiger partial charge in [0.15, 0.2) is 11.6 Å². The summed E-state index contributed by atoms with van der Waals surface area (Å²) >= 11 is 0. The van der Waals surface area contributed by atoms with Crippen molar-refractivity contribution >= 4 is 23.4 Å². The number of carboxylic acids is 1. The highest BCUT2D eigenvalue weighted by atomic mass is 16.5. The van der Waals surface area contributed by atoms with Gasteiger partial charge in [0.25, 0.3) is 5.91 Å². The Balaban J connectivity index is 1.60. The van der Waals surface area contributed by atoms with Gasteiger partial charge in [-0.2, -0.15) is 0 Å². The molecule has 0 aliphatic carbocycles. The zero-order valence-electron chi connectivity index (χ0n) is 14.4. The average Bonchev–Trinajstić information content (AvgIpc) is 3.12. The first-order chi connectivity index (χ1) is 12.6. The van der Waals surface area contributed by atoms with Gasteiger partial charge < -0.3 is 24.6 Å². The number of aromatic nitrogens is 1. The molecule has 0 unspecified atom stereocenters. The quantitative estimate of drug-likeness (QED) is 0.884. The highest BCUT2D eigenvalue weighted by Crippen LogP contribution is 2.37. The number of aromatic carboxylic acids is 1. The molecule has 2 aliphatic rings. The molecule has 1 amide bonds. The van der Waals surface area contributed by atoms with Gasteiger partial charge >= 0.3 is 5.97 Å². The molecule has 26 heavy (non-hydrogen) atoms. The van der Waals surface area contributed by atoms with Gasteiger partial charge in [0.05, 0.1) is 12.1 Å². The van der Waals surface area contributed by atoms with Gasteiger partial charge in [-0.05, 0) is 43.5 Å². The molecular formula is C19H21N3O4. The van der Waals surface area contributed by atoms with Gasteiger partial charge in [-0.15, -0.1) is 0 Å². The number of piperidine rings is 1. The molecule has 136 valence electrons. The number of rotatable bonds is 3. The summed E-state index contributed by atoms with van der Waals surface area (Å²) in [4.78, 5) is 30.9. The first kappa shape index (κ1) is 16.5. The van der Waals surface area contributed by atoms with Crippen molar-refractivity contribution in [3.63, 3.8) is 0 Å². The Bertz CT molecular complexity index is 822. The topological polar surface area (TPSA) is 85.9 Å². The van der Waals surface area contributed by atoms with E-state index >= 15 is 0 Å². The Morgan fingerprint density at radius 3 is 2.46 bits per heavy atom. The maximum absolute atomic E-state index is 12.7. The molecule has 2 N–H and O–H groups in total. The number of aromatic amines is 1. The molecule has 1 aromatic heterocycles. The number of carboxylic acid groups (broad SMARTS) is 1. The van der Waals surface area contributed by atoms with E-state index in [9.17, 15) is 9.59 Å². The SMILES string of the molecule is O=C(O)c1ccc(N2CCOc3cc(C(=O)N4CCCCC4)[nH]c32)cc1. The van der Waals surface area contributed by atoms with E-state index in [1.165, 1.54) is 6.42 Å². The zero-order valence-corrected chi connectivity index (χ0v) is 14.4. The zero-order chi connectivity index (χ0) is 18.1. The van der Waals surface area contributed by atoms with E-state index in [-0.39, 0.29) is 11.5 Å². The molecule has 0 spiro atoms. The van der Waals surface area contributed by atoms with Crippen molar-refractivity contribution < 1.29 is 19.4 Å². The Morgan fingerprint density at radius 1 is 1.04 bits per heavy atom. The number of H-pyrrole nitrogens is 1. The Labute approximate surface area is 151 Å². The second kappa shape index (κ2) is 6.74. The minimum Gasteiger partial charge on any atom is -0.488 e. The van der Waals surface area contributed by atoms with E-state index in [0.717, 1.165) is 37.4 Å². The maximum atomic E-state index is 12.7. The van der Waals surface area contributed by atoms with E-state index in [1.54, 1.807) is 30.3 Å². The van der Waals surface area contributed by atoms with Crippen LogP contribution in [0.1, 0.15) is 40.1 Å². The van der Waals surface area contributed by atoms with E-state index < -0.39 is 5.97 Å². The summed E-state index contributed by atoms with van der Waals surface area (Å²) < 4.78 is 5.72. The van der Waals surface area contributed by atoms with Crippen LogP contribution in [0.15, 0.2) is 30.3 Å². The van der Waals surface area contributed by atoms with Crippen molar-refractivity contribution in [3.8, 4) is 5.75 Å². The summed E-state index contributed by atoms with van der Waals surface area (Å²) in [5.41, 5.74) is 1.64. The van der Waals surface area contributed by atoms with Gasteiger partial charge in [0.1, 0.15) is 12.3 Å². The minimum absolute atomic E-state index is 0.00359. The van der Waals surface area contributed by atoms with Crippen LogP contribution in [0, 0.1) is 0 Å². The van der Waals surface area contributed by atoms with Crippen LogP contribution in [0.2, 0.25) is 0 Å².